The molecule has 2 aliphatic heterocycles. The van der Waals surface area contributed by atoms with Crippen LogP contribution in [-0.4, -0.2) is 59.3 Å². The number of rotatable bonds is 3. The van der Waals surface area contributed by atoms with E-state index in [1.807, 2.05) is 17.0 Å². The number of aromatic nitrogens is 1. The van der Waals surface area contributed by atoms with E-state index in [0.29, 0.717) is 5.69 Å². The van der Waals surface area contributed by atoms with Gasteiger partial charge >= 0.3 is 0 Å². The molecule has 0 aromatic carbocycles. The Labute approximate surface area is 125 Å². The zero-order valence-electron chi connectivity index (χ0n) is 12.7. The maximum absolute atomic E-state index is 12.8. The first kappa shape index (κ1) is 14.0. The van der Waals surface area contributed by atoms with E-state index < -0.39 is 0 Å². The molecule has 21 heavy (non-hydrogen) atoms. The van der Waals surface area contributed by atoms with Crippen LogP contribution in [-0.2, 0) is 6.42 Å². The highest BCUT2D eigenvalue weighted by atomic mass is 16.2. The first-order valence-electron chi connectivity index (χ1n) is 7.72. The molecule has 1 amide bonds. The van der Waals surface area contributed by atoms with Crippen LogP contribution in [0.2, 0.25) is 0 Å². The van der Waals surface area contributed by atoms with Gasteiger partial charge in [-0.1, -0.05) is 6.92 Å². The second kappa shape index (κ2) is 5.84. The molecule has 0 aliphatic carbocycles. The molecule has 1 unspecified atom stereocenters. The Balaban J connectivity index is 1.82. The van der Waals surface area contributed by atoms with Crippen molar-refractivity contribution in [1.29, 1.82) is 0 Å². The fourth-order valence-corrected chi connectivity index (χ4v) is 3.15. The van der Waals surface area contributed by atoms with Gasteiger partial charge in [0.25, 0.3) is 5.91 Å². The highest BCUT2D eigenvalue weighted by Gasteiger charge is 2.36. The Hall–Kier alpha value is -1.91. The average molecular weight is 286 g/mol. The minimum absolute atomic E-state index is 0.0378. The lowest BCUT2D eigenvalue weighted by molar-refractivity contribution is 0.0760. The number of hydrogen-bond donors (Lipinski definition) is 0. The number of carbonyl (C=O) groups excluding carboxylic acids is 1. The van der Waals surface area contributed by atoms with Gasteiger partial charge in [-0.15, -0.1) is 0 Å². The number of amides is 1. The number of pyridine rings is 1. The molecule has 112 valence electrons. The molecule has 0 saturated carbocycles. The van der Waals surface area contributed by atoms with Gasteiger partial charge in [0.15, 0.2) is 0 Å². The Morgan fingerprint density at radius 2 is 2.29 bits per heavy atom. The summed E-state index contributed by atoms with van der Waals surface area (Å²) in [6, 6.07) is 4.00. The average Bonchev–Trinajstić information content (AvgIpc) is 3.14. The minimum atomic E-state index is 0.0378. The van der Waals surface area contributed by atoms with E-state index in [9.17, 15) is 4.79 Å². The van der Waals surface area contributed by atoms with Gasteiger partial charge in [0.1, 0.15) is 11.5 Å². The normalized spacial score (nSPS) is 21.8. The number of nitrogens with zero attached hydrogens (tertiary/aromatic N) is 4. The maximum Gasteiger partial charge on any atom is 0.273 e. The van der Waals surface area contributed by atoms with Crippen molar-refractivity contribution in [3.63, 3.8) is 0 Å². The van der Waals surface area contributed by atoms with Crippen LogP contribution in [0.4, 0.5) is 0 Å². The monoisotopic (exact) mass is 286 g/mol. The summed E-state index contributed by atoms with van der Waals surface area (Å²) in [5.41, 5.74) is 1.71. The van der Waals surface area contributed by atoms with Crippen LogP contribution >= 0.6 is 0 Å². The molecule has 0 bridgehead atoms. The Morgan fingerprint density at radius 3 is 3.00 bits per heavy atom. The highest BCUT2D eigenvalue weighted by molar-refractivity contribution is 5.98. The quantitative estimate of drug-likeness (QED) is 0.848. The lowest BCUT2D eigenvalue weighted by atomic mass is 10.1. The van der Waals surface area contributed by atoms with E-state index in [2.05, 4.69) is 28.8 Å². The predicted molar refractivity (Wildman–Crippen MR) is 82.6 cm³/mol. The number of aryl methyl sites for hydroxylation is 1. The largest absolute Gasteiger partial charge is 0.360 e. The third-order valence-corrected chi connectivity index (χ3v) is 4.36. The van der Waals surface area contributed by atoms with Crippen molar-refractivity contribution in [3.8, 4) is 0 Å². The van der Waals surface area contributed by atoms with E-state index >= 15 is 0 Å². The smallest absolute Gasteiger partial charge is 0.273 e. The van der Waals surface area contributed by atoms with E-state index in [1.165, 1.54) is 0 Å². The zero-order chi connectivity index (χ0) is 14.8. The molecule has 1 fully saturated rings. The molecule has 5 nitrogen and oxygen atoms in total. The number of carbonyl (C=O) groups is 1. The van der Waals surface area contributed by atoms with Crippen molar-refractivity contribution in [1.82, 2.24) is 14.8 Å². The van der Waals surface area contributed by atoms with E-state index in [4.69, 9.17) is 0 Å². The van der Waals surface area contributed by atoms with E-state index in [-0.39, 0.29) is 11.9 Å². The number of hydrogen-bond acceptors (Lipinski definition) is 4. The maximum atomic E-state index is 12.8. The summed E-state index contributed by atoms with van der Waals surface area (Å²) in [5.74, 6) is 1.10. The molecule has 1 aromatic rings. The first-order chi connectivity index (χ1) is 10.2. The van der Waals surface area contributed by atoms with Gasteiger partial charge in [-0.05, 0) is 37.0 Å². The Bertz CT molecular complexity index is 569. The van der Waals surface area contributed by atoms with Crippen molar-refractivity contribution in [2.24, 2.45) is 4.99 Å². The Morgan fingerprint density at radius 1 is 1.43 bits per heavy atom. The standard InChI is InChI=1S/C16H22N4O/c1-3-12-6-7-17-13(11-12)16(21)20-9-4-5-14(20)15-18-8-10-19(15)2/h6-7,11,14H,3-5,8-10H2,1-2H3. The predicted octanol–water partition coefficient (Wildman–Crippen LogP) is 1.59. The summed E-state index contributed by atoms with van der Waals surface area (Å²) in [6.07, 6.45) is 4.69. The van der Waals surface area contributed by atoms with E-state index in [1.54, 1.807) is 6.20 Å². The second-order valence-corrected chi connectivity index (χ2v) is 5.72. The SMILES string of the molecule is CCc1ccnc(C(=O)N2CCCC2C2=NCCN2C)c1. The van der Waals surface area contributed by atoms with Crippen LogP contribution in [0.5, 0.6) is 0 Å². The fraction of sp³-hybridized carbons (Fsp3) is 0.562. The molecule has 3 rings (SSSR count). The lowest BCUT2D eigenvalue weighted by Crippen LogP contribution is -2.45. The van der Waals surface area contributed by atoms with Gasteiger partial charge in [0.05, 0.1) is 12.6 Å². The number of likely N-dealkylation sites (tertiary alicyclic amines) is 1. The summed E-state index contributed by atoms with van der Waals surface area (Å²) < 4.78 is 0. The van der Waals surface area contributed by atoms with Crippen LogP contribution in [0.3, 0.4) is 0 Å². The molecular weight excluding hydrogens is 264 g/mol. The summed E-state index contributed by atoms with van der Waals surface area (Å²) >= 11 is 0. The van der Waals surface area contributed by atoms with Gasteiger partial charge in [-0.25, -0.2) is 0 Å². The van der Waals surface area contributed by atoms with Crippen molar-refractivity contribution in [2.45, 2.75) is 32.2 Å². The molecule has 1 atom stereocenters. The molecule has 5 heteroatoms. The van der Waals surface area contributed by atoms with Crippen molar-refractivity contribution in [3.05, 3.63) is 29.6 Å². The number of amidine groups is 1. The lowest BCUT2D eigenvalue weighted by Gasteiger charge is -2.28. The van der Waals surface area contributed by atoms with Crippen LogP contribution in [0.15, 0.2) is 23.3 Å². The fourth-order valence-electron chi connectivity index (χ4n) is 3.15. The van der Waals surface area contributed by atoms with Crippen molar-refractivity contribution >= 4 is 11.7 Å². The molecular formula is C16H22N4O. The van der Waals surface area contributed by atoms with Gasteiger partial charge in [-0.3, -0.25) is 14.8 Å². The zero-order valence-corrected chi connectivity index (χ0v) is 12.7. The third kappa shape index (κ3) is 2.64. The molecule has 0 spiro atoms. The van der Waals surface area contributed by atoms with Gasteiger partial charge in [0.2, 0.25) is 0 Å². The van der Waals surface area contributed by atoms with Crippen LogP contribution < -0.4 is 0 Å². The van der Waals surface area contributed by atoms with Crippen LogP contribution in [0, 0.1) is 0 Å². The summed E-state index contributed by atoms with van der Waals surface area (Å²) in [7, 11) is 2.06. The number of aliphatic imine (C=N–C) groups is 1. The molecule has 3 heterocycles. The second-order valence-electron chi connectivity index (χ2n) is 5.72. The van der Waals surface area contributed by atoms with Crippen LogP contribution in [0.1, 0.15) is 35.8 Å². The minimum Gasteiger partial charge on any atom is -0.360 e. The molecule has 2 aliphatic rings. The molecule has 0 radical (unpaired) electrons. The molecule has 0 N–H and O–H groups in total. The first-order valence-corrected chi connectivity index (χ1v) is 7.72. The van der Waals surface area contributed by atoms with Crippen molar-refractivity contribution < 1.29 is 4.79 Å². The van der Waals surface area contributed by atoms with E-state index in [0.717, 1.165) is 50.3 Å². The van der Waals surface area contributed by atoms with Gasteiger partial charge in [-0.2, -0.15) is 0 Å². The van der Waals surface area contributed by atoms with Crippen LogP contribution in [0.25, 0.3) is 0 Å². The van der Waals surface area contributed by atoms with Gasteiger partial charge in [0, 0.05) is 26.3 Å². The molecule has 1 aromatic heterocycles. The highest BCUT2D eigenvalue weighted by Crippen LogP contribution is 2.23. The number of likely N-dealkylation sites (N-methyl/N-ethyl adjacent to an activating group) is 1. The Kier molecular flexibility index (Phi) is 3.90. The summed E-state index contributed by atoms with van der Waals surface area (Å²) in [6.45, 7) is 4.68. The third-order valence-electron chi connectivity index (χ3n) is 4.36. The molecule has 1 saturated heterocycles. The van der Waals surface area contributed by atoms with Crippen molar-refractivity contribution in [2.75, 3.05) is 26.7 Å². The topological polar surface area (TPSA) is 48.8 Å². The summed E-state index contributed by atoms with van der Waals surface area (Å²) in [5, 5.41) is 0. The van der Waals surface area contributed by atoms with Gasteiger partial charge < -0.3 is 9.80 Å². The summed E-state index contributed by atoms with van der Waals surface area (Å²) in [4.78, 5) is 25.8.